The molecule has 0 aliphatic heterocycles. The molecule has 0 aliphatic carbocycles. The van der Waals surface area contributed by atoms with E-state index in [1.807, 2.05) is 24.3 Å². The van der Waals surface area contributed by atoms with Crippen LogP contribution < -0.4 is 10.5 Å². The van der Waals surface area contributed by atoms with Crippen LogP contribution in [0.5, 0.6) is 5.75 Å². The predicted octanol–water partition coefficient (Wildman–Crippen LogP) is 3.89. The maximum atomic E-state index is 10.2. The van der Waals surface area contributed by atoms with Crippen molar-refractivity contribution in [3.8, 4) is 5.75 Å². The molecule has 0 aliphatic rings. The zero-order valence-electron chi connectivity index (χ0n) is 17.8. The van der Waals surface area contributed by atoms with Gasteiger partial charge in [-0.15, -0.1) is 0 Å². The Bertz CT molecular complexity index is 481. The number of nitrogens with two attached hydrogens (primary N) is 1. The lowest BCUT2D eigenvalue weighted by atomic mass is 10.2. The van der Waals surface area contributed by atoms with Crippen LogP contribution in [0.3, 0.4) is 0 Å². The Morgan fingerprint density at radius 3 is 1.72 bits per heavy atom. The molecule has 0 heterocycles. The minimum atomic E-state index is 0.563. The summed E-state index contributed by atoms with van der Waals surface area (Å²) < 4.78 is 22.3. The highest BCUT2D eigenvalue weighted by molar-refractivity contribution is 5.48. The standard InChI is InChI=1S/C23H39NO5/c24-21-22-9-11-23(12-10-22)29-16-8-4-3-7-15-27-18-20-28-19-17-26-14-6-2-1-5-13-25/h9-13H,1-8,14-21,24H2. The molecule has 166 valence electrons. The molecule has 0 unspecified atom stereocenters. The second-order valence-corrected chi connectivity index (χ2v) is 6.96. The van der Waals surface area contributed by atoms with E-state index in [2.05, 4.69) is 0 Å². The van der Waals surface area contributed by atoms with Crippen molar-refractivity contribution < 1.29 is 23.7 Å². The second kappa shape index (κ2) is 19.8. The van der Waals surface area contributed by atoms with Gasteiger partial charge in [0, 0.05) is 26.2 Å². The normalized spacial score (nSPS) is 10.9. The summed E-state index contributed by atoms with van der Waals surface area (Å²) >= 11 is 0. The van der Waals surface area contributed by atoms with E-state index in [-0.39, 0.29) is 0 Å². The number of hydrogen-bond donors (Lipinski definition) is 1. The third-order valence-corrected chi connectivity index (χ3v) is 4.47. The van der Waals surface area contributed by atoms with Gasteiger partial charge in [-0.3, -0.25) is 0 Å². The van der Waals surface area contributed by atoms with Crippen LogP contribution in [0.25, 0.3) is 0 Å². The van der Waals surface area contributed by atoms with Gasteiger partial charge in [-0.25, -0.2) is 0 Å². The summed E-state index contributed by atoms with van der Waals surface area (Å²) in [6.07, 6.45) is 9.05. The van der Waals surface area contributed by atoms with Crippen molar-refractivity contribution in [3.63, 3.8) is 0 Å². The smallest absolute Gasteiger partial charge is 0.119 e. The summed E-state index contributed by atoms with van der Waals surface area (Å²) in [6.45, 7) is 5.30. The van der Waals surface area contributed by atoms with Crippen LogP contribution in [-0.2, 0) is 25.5 Å². The van der Waals surface area contributed by atoms with Crippen molar-refractivity contribution in [1.29, 1.82) is 0 Å². The molecule has 1 aromatic carbocycles. The van der Waals surface area contributed by atoms with Crippen molar-refractivity contribution in [2.75, 3.05) is 46.2 Å². The van der Waals surface area contributed by atoms with E-state index in [1.54, 1.807) is 0 Å². The van der Waals surface area contributed by atoms with Gasteiger partial charge in [0.15, 0.2) is 0 Å². The van der Waals surface area contributed by atoms with E-state index in [4.69, 9.17) is 24.7 Å². The van der Waals surface area contributed by atoms with Crippen LogP contribution in [-0.4, -0.2) is 52.5 Å². The molecule has 6 heteroatoms. The first-order valence-electron chi connectivity index (χ1n) is 11.0. The minimum absolute atomic E-state index is 0.563. The van der Waals surface area contributed by atoms with E-state index < -0.39 is 0 Å². The zero-order valence-corrected chi connectivity index (χ0v) is 17.8. The van der Waals surface area contributed by atoms with Crippen molar-refractivity contribution in [1.82, 2.24) is 0 Å². The fraction of sp³-hybridized carbons (Fsp3) is 0.696. The molecular weight excluding hydrogens is 370 g/mol. The molecule has 0 spiro atoms. The van der Waals surface area contributed by atoms with Gasteiger partial charge in [-0.1, -0.05) is 25.0 Å². The Morgan fingerprint density at radius 2 is 1.17 bits per heavy atom. The van der Waals surface area contributed by atoms with Crippen molar-refractivity contribution in [3.05, 3.63) is 29.8 Å². The zero-order chi connectivity index (χ0) is 20.8. The molecule has 0 saturated heterocycles. The van der Waals surface area contributed by atoms with Crippen molar-refractivity contribution >= 4 is 6.29 Å². The maximum absolute atomic E-state index is 10.2. The van der Waals surface area contributed by atoms with E-state index in [0.717, 1.165) is 82.4 Å². The van der Waals surface area contributed by atoms with Gasteiger partial charge in [-0.05, 0) is 49.8 Å². The molecule has 0 atom stereocenters. The number of carbonyl (C=O) groups excluding carboxylic acids is 1. The third kappa shape index (κ3) is 16.1. The van der Waals surface area contributed by atoms with Gasteiger partial charge < -0.3 is 29.5 Å². The van der Waals surface area contributed by atoms with Gasteiger partial charge in [0.05, 0.1) is 33.0 Å². The molecule has 0 amide bonds. The van der Waals surface area contributed by atoms with E-state index in [0.29, 0.717) is 39.4 Å². The van der Waals surface area contributed by atoms with Crippen LogP contribution in [0.15, 0.2) is 24.3 Å². The lowest BCUT2D eigenvalue weighted by molar-refractivity contribution is -0.107. The summed E-state index contributed by atoms with van der Waals surface area (Å²) in [4.78, 5) is 10.2. The van der Waals surface area contributed by atoms with Gasteiger partial charge in [-0.2, -0.15) is 0 Å². The minimum Gasteiger partial charge on any atom is -0.494 e. The fourth-order valence-corrected chi connectivity index (χ4v) is 2.72. The van der Waals surface area contributed by atoms with Crippen LogP contribution in [0.1, 0.15) is 56.9 Å². The van der Waals surface area contributed by atoms with E-state index in [1.165, 1.54) is 0 Å². The van der Waals surface area contributed by atoms with Crippen molar-refractivity contribution in [2.45, 2.75) is 57.9 Å². The molecule has 0 saturated carbocycles. The third-order valence-electron chi connectivity index (χ3n) is 4.47. The number of rotatable bonds is 21. The Hall–Kier alpha value is -1.47. The largest absolute Gasteiger partial charge is 0.494 e. The van der Waals surface area contributed by atoms with Gasteiger partial charge in [0.25, 0.3) is 0 Å². The molecule has 0 radical (unpaired) electrons. The monoisotopic (exact) mass is 409 g/mol. The molecule has 0 aromatic heterocycles. The number of aldehydes is 1. The number of benzene rings is 1. The van der Waals surface area contributed by atoms with Crippen LogP contribution in [0.4, 0.5) is 0 Å². The first kappa shape index (κ1) is 25.6. The van der Waals surface area contributed by atoms with Crippen molar-refractivity contribution in [2.24, 2.45) is 5.73 Å². The average molecular weight is 410 g/mol. The lowest BCUT2D eigenvalue weighted by Gasteiger charge is -2.08. The second-order valence-electron chi connectivity index (χ2n) is 6.96. The predicted molar refractivity (Wildman–Crippen MR) is 115 cm³/mol. The number of carbonyl (C=O) groups is 1. The summed E-state index contributed by atoms with van der Waals surface area (Å²) in [5, 5.41) is 0. The molecule has 2 N–H and O–H groups in total. The summed E-state index contributed by atoms with van der Waals surface area (Å²) in [6, 6.07) is 7.96. The van der Waals surface area contributed by atoms with Gasteiger partial charge in [0.2, 0.25) is 0 Å². The van der Waals surface area contributed by atoms with E-state index >= 15 is 0 Å². The summed E-state index contributed by atoms with van der Waals surface area (Å²) in [7, 11) is 0. The Balaban J connectivity index is 1.73. The number of ether oxygens (including phenoxy) is 4. The van der Waals surface area contributed by atoms with E-state index in [9.17, 15) is 4.79 Å². The highest BCUT2D eigenvalue weighted by atomic mass is 16.5. The van der Waals surface area contributed by atoms with Crippen LogP contribution >= 0.6 is 0 Å². The maximum Gasteiger partial charge on any atom is 0.119 e. The number of hydrogen-bond acceptors (Lipinski definition) is 6. The Labute approximate surface area is 176 Å². The molecule has 1 rings (SSSR count). The van der Waals surface area contributed by atoms with Crippen LogP contribution in [0.2, 0.25) is 0 Å². The Kier molecular flexibility index (Phi) is 17.5. The SMILES string of the molecule is NCc1ccc(OCCCCCCOCCOCCOCCCCCC=O)cc1. The molecular formula is C23H39NO5. The molecule has 1 aromatic rings. The lowest BCUT2D eigenvalue weighted by Crippen LogP contribution is -2.10. The molecule has 0 fully saturated rings. The molecule has 6 nitrogen and oxygen atoms in total. The first-order chi connectivity index (χ1) is 14.4. The highest BCUT2D eigenvalue weighted by Crippen LogP contribution is 2.12. The topological polar surface area (TPSA) is 80.0 Å². The van der Waals surface area contributed by atoms with Gasteiger partial charge >= 0.3 is 0 Å². The Morgan fingerprint density at radius 1 is 0.655 bits per heavy atom. The summed E-state index contributed by atoms with van der Waals surface area (Å²) in [5.74, 6) is 0.908. The number of unbranched alkanes of at least 4 members (excludes halogenated alkanes) is 6. The van der Waals surface area contributed by atoms with Crippen LogP contribution in [0, 0.1) is 0 Å². The first-order valence-corrected chi connectivity index (χ1v) is 11.0. The highest BCUT2D eigenvalue weighted by Gasteiger charge is 1.96. The summed E-state index contributed by atoms with van der Waals surface area (Å²) in [5.41, 5.74) is 6.70. The molecule has 0 bridgehead atoms. The van der Waals surface area contributed by atoms with Gasteiger partial charge in [0.1, 0.15) is 12.0 Å². The average Bonchev–Trinajstić information content (AvgIpc) is 2.75. The molecule has 29 heavy (non-hydrogen) atoms. The fourth-order valence-electron chi connectivity index (χ4n) is 2.72. The quantitative estimate of drug-likeness (QED) is 0.245.